The minimum atomic E-state index is -0.834. The normalized spacial score (nSPS) is 11.1. The predicted octanol–water partition coefficient (Wildman–Crippen LogP) is 3.76. The zero-order valence-corrected chi connectivity index (χ0v) is 15.5. The van der Waals surface area contributed by atoms with E-state index in [4.69, 9.17) is 14.8 Å². The highest BCUT2D eigenvalue weighted by atomic mass is 16.5. The summed E-state index contributed by atoms with van der Waals surface area (Å²) >= 11 is 0. The molecule has 1 aromatic carbocycles. The number of carboxylic acids is 1. The van der Waals surface area contributed by atoms with Gasteiger partial charge < -0.3 is 9.84 Å². The van der Waals surface area contributed by atoms with Gasteiger partial charge >= 0.3 is 5.97 Å². The standard InChI is InChI=1S/C20H23N3O3/c1-5-26-20-16(9-10-17(24)25)13(3)18-14(4)22-23(19(18)21-20)15-8-6-7-12(2)11-15/h6-8,11H,5,9-10H2,1-4H3,(H,24,25). The number of aromatic nitrogens is 3. The summed E-state index contributed by atoms with van der Waals surface area (Å²) in [6.45, 7) is 8.33. The molecular weight excluding hydrogens is 330 g/mol. The first kappa shape index (κ1) is 17.9. The Morgan fingerprint density at radius 1 is 1.27 bits per heavy atom. The molecule has 3 rings (SSSR count). The zero-order valence-electron chi connectivity index (χ0n) is 15.5. The number of nitrogens with zero attached hydrogens (tertiary/aromatic N) is 3. The summed E-state index contributed by atoms with van der Waals surface area (Å²) in [6.07, 6.45) is 0.424. The molecule has 0 saturated carbocycles. The Morgan fingerprint density at radius 3 is 2.69 bits per heavy atom. The number of pyridine rings is 1. The van der Waals surface area contributed by atoms with Crippen molar-refractivity contribution in [1.29, 1.82) is 0 Å². The van der Waals surface area contributed by atoms with Gasteiger partial charge in [0.05, 0.1) is 18.0 Å². The van der Waals surface area contributed by atoms with E-state index in [0.29, 0.717) is 18.9 Å². The third kappa shape index (κ3) is 3.27. The third-order valence-corrected chi connectivity index (χ3v) is 4.45. The first-order valence-electron chi connectivity index (χ1n) is 8.72. The summed E-state index contributed by atoms with van der Waals surface area (Å²) in [6, 6.07) is 8.08. The van der Waals surface area contributed by atoms with E-state index in [1.807, 2.05) is 50.6 Å². The van der Waals surface area contributed by atoms with Gasteiger partial charge in [-0.25, -0.2) is 4.68 Å². The molecule has 0 saturated heterocycles. The number of carbonyl (C=O) groups is 1. The lowest BCUT2D eigenvalue weighted by atomic mass is 10.0. The van der Waals surface area contributed by atoms with Gasteiger partial charge in [0.2, 0.25) is 5.88 Å². The van der Waals surface area contributed by atoms with Gasteiger partial charge in [-0.3, -0.25) is 4.79 Å². The molecule has 0 spiro atoms. The van der Waals surface area contributed by atoms with E-state index in [1.165, 1.54) is 0 Å². The Bertz CT molecular complexity index is 976. The summed E-state index contributed by atoms with van der Waals surface area (Å²) in [5, 5.41) is 14.7. The quantitative estimate of drug-likeness (QED) is 0.730. The second kappa shape index (κ2) is 7.15. The van der Waals surface area contributed by atoms with E-state index in [0.717, 1.165) is 39.1 Å². The lowest BCUT2D eigenvalue weighted by molar-refractivity contribution is -0.136. The number of aliphatic carboxylic acids is 1. The third-order valence-electron chi connectivity index (χ3n) is 4.45. The van der Waals surface area contributed by atoms with Crippen molar-refractivity contribution in [3.8, 4) is 11.6 Å². The molecule has 0 aliphatic rings. The molecule has 0 unspecified atom stereocenters. The molecule has 2 heterocycles. The molecule has 0 aliphatic carbocycles. The van der Waals surface area contributed by atoms with Crippen molar-refractivity contribution in [3.05, 3.63) is 46.6 Å². The molecule has 0 atom stereocenters. The van der Waals surface area contributed by atoms with Gasteiger partial charge in [0.15, 0.2) is 5.65 Å². The Labute approximate surface area is 152 Å². The number of fused-ring (bicyclic) bond motifs is 1. The first-order valence-corrected chi connectivity index (χ1v) is 8.72. The maximum Gasteiger partial charge on any atom is 0.303 e. The van der Waals surface area contributed by atoms with Crippen LogP contribution in [0.5, 0.6) is 5.88 Å². The highest BCUT2D eigenvalue weighted by Crippen LogP contribution is 2.32. The monoisotopic (exact) mass is 353 g/mol. The molecule has 1 N–H and O–H groups in total. The summed E-state index contributed by atoms with van der Waals surface area (Å²) in [5.74, 6) is -0.341. The number of aryl methyl sites for hydroxylation is 3. The van der Waals surface area contributed by atoms with Crippen LogP contribution < -0.4 is 4.74 Å². The number of ether oxygens (including phenoxy) is 1. The van der Waals surface area contributed by atoms with Crippen molar-refractivity contribution in [1.82, 2.24) is 14.8 Å². The Balaban J connectivity index is 2.24. The Hall–Kier alpha value is -2.89. The summed E-state index contributed by atoms with van der Waals surface area (Å²) < 4.78 is 7.56. The largest absolute Gasteiger partial charge is 0.481 e. The van der Waals surface area contributed by atoms with Gasteiger partial charge in [-0.05, 0) is 57.4 Å². The van der Waals surface area contributed by atoms with Gasteiger partial charge in [-0.15, -0.1) is 0 Å². The second-order valence-corrected chi connectivity index (χ2v) is 6.38. The SMILES string of the molecule is CCOc1nc2c(c(C)nn2-c2cccc(C)c2)c(C)c1CCC(=O)O. The smallest absolute Gasteiger partial charge is 0.303 e. The Kier molecular flexibility index (Phi) is 4.93. The molecule has 0 bridgehead atoms. The van der Waals surface area contributed by atoms with Crippen LogP contribution in [-0.2, 0) is 11.2 Å². The lowest BCUT2D eigenvalue weighted by Gasteiger charge is -2.13. The molecule has 0 radical (unpaired) electrons. The highest BCUT2D eigenvalue weighted by Gasteiger charge is 2.20. The molecule has 0 aliphatic heterocycles. The molecule has 26 heavy (non-hydrogen) atoms. The van der Waals surface area contributed by atoms with E-state index in [2.05, 4.69) is 11.2 Å². The van der Waals surface area contributed by atoms with Crippen LogP contribution in [0.4, 0.5) is 0 Å². The van der Waals surface area contributed by atoms with E-state index < -0.39 is 5.97 Å². The maximum atomic E-state index is 11.0. The summed E-state index contributed by atoms with van der Waals surface area (Å²) in [7, 11) is 0. The van der Waals surface area contributed by atoms with Crippen LogP contribution in [-0.4, -0.2) is 32.4 Å². The average molecular weight is 353 g/mol. The summed E-state index contributed by atoms with van der Waals surface area (Å²) in [4.78, 5) is 15.7. The van der Waals surface area contributed by atoms with Gasteiger partial charge in [-0.2, -0.15) is 10.1 Å². The van der Waals surface area contributed by atoms with E-state index in [-0.39, 0.29) is 6.42 Å². The van der Waals surface area contributed by atoms with Crippen LogP contribution in [0, 0.1) is 20.8 Å². The fourth-order valence-corrected chi connectivity index (χ4v) is 3.25. The topological polar surface area (TPSA) is 77.2 Å². The van der Waals surface area contributed by atoms with E-state index in [9.17, 15) is 4.79 Å². The van der Waals surface area contributed by atoms with Crippen LogP contribution in [0.3, 0.4) is 0 Å². The highest BCUT2D eigenvalue weighted by molar-refractivity contribution is 5.85. The minimum Gasteiger partial charge on any atom is -0.481 e. The molecule has 6 heteroatoms. The van der Waals surface area contributed by atoms with Gasteiger partial charge in [0.1, 0.15) is 0 Å². The first-order chi connectivity index (χ1) is 12.4. The van der Waals surface area contributed by atoms with Gasteiger partial charge in [-0.1, -0.05) is 12.1 Å². The van der Waals surface area contributed by atoms with Crippen LogP contribution in [0.2, 0.25) is 0 Å². The van der Waals surface area contributed by atoms with Crippen molar-refractivity contribution in [2.24, 2.45) is 0 Å². The fourth-order valence-electron chi connectivity index (χ4n) is 3.25. The van der Waals surface area contributed by atoms with Crippen LogP contribution in [0.1, 0.15) is 35.7 Å². The molecule has 0 amide bonds. The second-order valence-electron chi connectivity index (χ2n) is 6.38. The van der Waals surface area contributed by atoms with Crippen LogP contribution in [0.15, 0.2) is 24.3 Å². The van der Waals surface area contributed by atoms with E-state index >= 15 is 0 Å². The van der Waals surface area contributed by atoms with Crippen molar-refractivity contribution in [3.63, 3.8) is 0 Å². The Morgan fingerprint density at radius 2 is 2.04 bits per heavy atom. The fraction of sp³-hybridized carbons (Fsp3) is 0.350. The average Bonchev–Trinajstić information content (AvgIpc) is 2.91. The van der Waals surface area contributed by atoms with Crippen molar-refractivity contribution >= 4 is 17.0 Å². The maximum absolute atomic E-state index is 11.0. The molecule has 6 nitrogen and oxygen atoms in total. The van der Waals surface area contributed by atoms with E-state index in [1.54, 1.807) is 0 Å². The zero-order chi connectivity index (χ0) is 18.8. The lowest BCUT2D eigenvalue weighted by Crippen LogP contribution is -2.07. The predicted molar refractivity (Wildman–Crippen MR) is 100 cm³/mol. The van der Waals surface area contributed by atoms with Crippen molar-refractivity contribution in [2.45, 2.75) is 40.5 Å². The number of carboxylic acid groups (broad SMARTS) is 1. The van der Waals surface area contributed by atoms with Crippen LogP contribution >= 0.6 is 0 Å². The molecule has 136 valence electrons. The number of hydrogen-bond acceptors (Lipinski definition) is 4. The molecule has 0 fully saturated rings. The van der Waals surface area contributed by atoms with Crippen molar-refractivity contribution in [2.75, 3.05) is 6.61 Å². The van der Waals surface area contributed by atoms with Crippen molar-refractivity contribution < 1.29 is 14.6 Å². The summed E-state index contributed by atoms with van der Waals surface area (Å²) in [5.41, 5.74) is 5.50. The number of benzene rings is 1. The van der Waals surface area contributed by atoms with Gasteiger partial charge in [0, 0.05) is 17.4 Å². The molecule has 2 aromatic heterocycles. The minimum absolute atomic E-state index is 0.0408. The molecular formula is C20H23N3O3. The van der Waals surface area contributed by atoms with Crippen LogP contribution in [0.25, 0.3) is 16.7 Å². The number of hydrogen-bond donors (Lipinski definition) is 1. The number of rotatable bonds is 6. The van der Waals surface area contributed by atoms with Gasteiger partial charge in [0.25, 0.3) is 0 Å². The molecule has 3 aromatic rings.